The van der Waals surface area contributed by atoms with E-state index in [-0.39, 0.29) is 0 Å². The Kier molecular flexibility index (Phi) is 7.92. The molecule has 0 saturated heterocycles. The number of unbranched alkanes of at least 4 members (excludes halogenated alkanes) is 6. The molecule has 0 aliphatic heterocycles. The molecule has 0 spiro atoms. The third-order valence-corrected chi connectivity index (χ3v) is 4.62. The number of rotatable bonds is 9. The smallest absolute Gasteiger partial charge is 0.00697 e. The highest BCUT2D eigenvalue weighted by Crippen LogP contribution is 2.34. The molecule has 17 heavy (non-hydrogen) atoms. The van der Waals surface area contributed by atoms with Gasteiger partial charge < -0.3 is 5.73 Å². The van der Waals surface area contributed by atoms with E-state index in [0.717, 1.165) is 11.8 Å². The van der Waals surface area contributed by atoms with Gasteiger partial charge in [0.2, 0.25) is 0 Å². The molecule has 2 N–H and O–H groups in total. The van der Waals surface area contributed by atoms with Gasteiger partial charge in [-0.3, -0.25) is 0 Å². The van der Waals surface area contributed by atoms with Gasteiger partial charge in [0.05, 0.1) is 0 Å². The molecule has 1 fully saturated rings. The van der Waals surface area contributed by atoms with Crippen molar-refractivity contribution in [2.75, 3.05) is 0 Å². The van der Waals surface area contributed by atoms with E-state index in [2.05, 4.69) is 13.8 Å². The summed E-state index contributed by atoms with van der Waals surface area (Å²) in [6.45, 7) is 4.67. The Hall–Kier alpha value is -0.0400. The van der Waals surface area contributed by atoms with Crippen molar-refractivity contribution in [1.82, 2.24) is 0 Å². The van der Waals surface area contributed by atoms with E-state index in [0.29, 0.717) is 6.04 Å². The van der Waals surface area contributed by atoms with Crippen LogP contribution in [0.3, 0.4) is 0 Å². The van der Waals surface area contributed by atoms with E-state index in [1.54, 1.807) is 0 Å². The SMILES string of the molecule is CCCCCCCCCC(N)C1CCCC1C. The summed E-state index contributed by atoms with van der Waals surface area (Å²) < 4.78 is 0. The molecular weight excluding hydrogens is 206 g/mol. The van der Waals surface area contributed by atoms with Gasteiger partial charge in [0.15, 0.2) is 0 Å². The van der Waals surface area contributed by atoms with E-state index in [1.165, 1.54) is 70.6 Å². The molecule has 0 aromatic rings. The summed E-state index contributed by atoms with van der Waals surface area (Å²) in [5.41, 5.74) is 6.33. The summed E-state index contributed by atoms with van der Waals surface area (Å²) in [7, 11) is 0. The topological polar surface area (TPSA) is 26.0 Å². The minimum absolute atomic E-state index is 0.489. The van der Waals surface area contributed by atoms with Crippen LogP contribution in [0.5, 0.6) is 0 Å². The Balaban J connectivity index is 1.95. The number of hydrogen-bond acceptors (Lipinski definition) is 1. The third kappa shape index (κ3) is 5.90. The van der Waals surface area contributed by atoms with Crippen LogP contribution in [-0.4, -0.2) is 6.04 Å². The molecule has 0 amide bonds. The van der Waals surface area contributed by atoms with Crippen LogP contribution in [0.4, 0.5) is 0 Å². The van der Waals surface area contributed by atoms with Crippen molar-refractivity contribution in [3.63, 3.8) is 0 Å². The first kappa shape index (κ1) is 15.0. The molecule has 1 nitrogen and oxygen atoms in total. The Bertz CT molecular complexity index is 178. The molecular formula is C16H33N. The molecule has 3 atom stereocenters. The van der Waals surface area contributed by atoms with Crippen molar-refractivity contribution in [2.45, 2.75) is 90.5 Å². The maximum atomic E-state index is 6.33. The summed E-state index contributed by atoms with van der Waals surface area (Å²) in [6, 6.07) is 0.489. The molecule has 1 saturated carbocycles. The van der Waals surface area contributed by atoms with Crippen LogP contribution in [0.2, 0.25) is 0 Å². The molecule has 0 aromatic heterocycles. The zero-order valence-electron chi connectivity index (χ0n) is 12.1. The zero-order valence-corrected chi connectivity index (χ0v) is 12.1. The van der Waals surface area contributed by atoms with Crippen molar-refractivity contribution in [3.05, 3.63) is 0 Å². The lowest BCUT2D eigenvalue weighted by Gasteiger charge is -2.23. The zero-order chi connectivity index (χ0) is 12.5. The van der Waals surface area contributed by atoms with Gasteiger partial charge in [0, 0.05) is 6.04 Å². The van der Waals surface area contributed by atoms with Crippen LogP contribution < -0.4 is 5.73 Å². The molecule has 3 unspecified atom stereocenters. The number of hydrogen-bond donors (Lipinski definition) is 1. The Labute approximate surface area is 109 Å². The second kappa shape index (κ2) is 8.97. The molecule has 0 bridgehead atoms. The Morgan fingerprint density at radius 2 is 1.65 bits per heavy atom. The van der Waals surface area contributed by atoms with Crippen LogP contribution >= 0.6 is 0 Å². The predicted octanol–water partition coefficient (Wildman–Crippen LogP) is 4.89. The highest BCUT2D eigenvalue weighted by atomic mass is 14.7. The fourth-order valence-corrected chi connectivity index (χ4v) is 3.36. The fourth-order valence-electron chi connectivity index (χ4n) is 3.36. The molecule has 0 radical (unpaired) electrons. The van der Waals surface area contributed by atoms with Crippen LogP contribution in [0, 0.1) is 11.8 Å². The van der Waals surface area contributed by atoms with Crippen molar-refractivity contribution in [2.24, 2.45) is 17.6 Å². The predicted molar refractivity (Wildman–Crippen MR) is 77.1 cm³/mol. The summed E-state index contributed by atoms with van der Waals surface area (Å²) in [6.07, 6.45) is 15.3. The average Bonchev–Trinajstić information content (AvgIpc) is 2.74. The lowest BCUT2D eigenvalue weighted by Crippen LogP contribution is -2.31. The second-order valence-corrected chi connectivity index (χ2v) is 6.15. The summed E-state index contributed by atoms with van der Waals surface area (Å²) >= 11 is 0. The Morgan fingerprint density at radius 1 is 1.00 bits per heavy atom. The van der Waals surface area contributed by atoms with E-state index in [9.17, 15) is 0 Å². The highest BCUT2D eigenvalue weighted by Gasteiger charge is 2.27. The lowest BCUT2D eigenvalue weighted by molar-refractivity contribution is 0.324. The monoisotopic (exact) mass is 239 g/mol. The van der Waals surface area contributed by atoms with E-state index < -0.39 is 0 Å². The van der Waals surface area contributed by atoms with Gasteiger partial charge in [0.25, 0.3) is 0 Å². The van der Waals surface area contributed by atoms with Crippen LogP contribution in [0.25, 0.3) is 0 Å². The maximum absolute atomic E-state index is 6.33. The Morgan fingerprint density at radius 3 is 2.24 bits per heavy atom. The first-order valence-electron chi connectivity index (χ1n) is 8.01. The standard InChI is InChI=1S/C16H33N/c1-3-4-5-6-7-8-9-13-16(17)15-12-10-11-14(15)2/h14-16H,3-13,17H2,1-2H3. The third-order valence-electron chi connectivity index (χ3n) is 4.62. The van der Waals surface area contributed by atoms with Gasteiger partial charge in [-0.1, -0.05) is 71.6 Å². The summed E-state index contributed by atoms with van der Waals surface area (Å²) in [5, 5.41) is 0. The minimum Gasteiger partial charge on any atom is -0.327 e. The lowest BCUT2D eigenvalue weighted by atomic mass is 9.88. The molecule has 102 valence electrons. The summed E-state index contributed by atoms with van der Waals surface area (Å²) in [5.74, 6) is 1.71. The highest BCUT2D eigenvalue weighted by molar-refractivity contribution is 4.82. The molecule has 0 heterocycles. The molecule has 1 aliphatic rings. The van der Waals surface area contributed by atoms with Gasteiger partial charge in [-0.15, -0.1) is 0 Å². The van der Waals surface area contributed by atoms with Crippen molar-refractivity contribution < 1.29 is 0 Å². The van der Waals surface area contributed by atoms with E-state index in [1.807, 2.05) is 0 Å². The van der Waals surface area contributed by atoms with Crippen LogP contribution in [-0.2, 0) is 0 Å². The quantitative estimate of drug-likeness (QED) is 0.570. The first-order chi connectivity index (χ1) is 8.25. The van der Waals surface area contributed by atoms with E-state index in [4.69, 9.17) is 5.73 Å². The van der Waals surface area contributed by atoms with Crippen LogP contribution in [0.1, 0.15) is 84.5 Å². The van der Waals surface area contributed by atoms with Crippen LogP contribution in [0.15, 0.2) is 0 Å². The first-order valence-corrected chi connectivity index (χ1v) is 8.01. The van der Waals surface area contributed by atoms with Crippen molar-refractivity contribution in [3.8, 4) is 0 Å². The van der Waals surface area contributed by atoms with Crippen molar-refractivity contribution >= 4 is 0 Å². The maximum Gasteiger partial charge on any atom is 0.00697 e. The van der Waals surface area contributed by atoms with E-state index >= 15 is 0 Å². The van der Waals surface area contributed by atoms with Gasteiger partial charge >= 0.3 is 0 Å². The van der Waals surface area contributed by atoms with Crippen molar-refractivity contribution in [1.29, 1.82) is 0 Å². The second-order valence-electron chi connectivity index (χ2n) is 6.15. The normalized spacial score (nSPS) is 26.3. The van der Waals surface area contributed by atoms with Gasteiger partial charge in [-0.05, 0) is 24.7 Å². The average molecular weight is 239 g/mol. The summed E-state index contributed by atoms with van der Waals surface area (Å²) in [4.78, 5) is 0. The molecule has 1 aliphatic carbocycles. The van der Waals surface area contributed by atoms with Gasteiger partial charge in [-0.2, -0.15) is 0 Å². The van der Waals surface area contributed by atoms with Gasteiger partial charge in [0.1, 0.15) is 0 Å². The largest absolute Gasteiger partial charge is 0.327 e. The number of nitrogens with two attached hydrogens (primary N) is 1. The molecule has 0 aromatic carbocycles. The molecule has 1 rings (SSSR count). The minimum atomic E-state index is 0.489. The molecule has 1 heteroatoms. The fraction of sp³-hybridized carbons (Fsp3) is 1.00. The van der Waals surface area contributed by atoms with Gasteiger partial charge in [-0.25, -0.2) is 0 Å².